The zero-order chi connectivity index (χ0) is 44.3. The van der Waals surface area contributed by atoms with Gasteiger partial charge in [-0.15, -0.1) is 0 Å². The van der Waals surface area contributed by atoms with Crippen molar-refractivity contribution in [1.29, 1.82) is 0 Å². The molecule has 2 bridgehead atoms. The van der Waals surface area contributed by atoms with E-state index < -0.39 is 158 Å². The summed E-state index contributed by atoms with van der Waals surface area (Å²) in [6.07, 6.45) is -13.3. The lowest BCUT2D eigenvalue weighted by Gasteiger charge is -2.47. The molecule has 25 heteroatoms. The highest BCUT2D eigenvalue weighted by atomic mass is 16.8. The number of nitrogens with two attached hydrogens (primary N) is 1. The molecule has 5 amide bonds. The minimum absolute atomic E-state index is 0.0539. The van der Waals surface area contributed by atoms with E-state index in [0.717, 1.165) is 6.92 Å². The number of hydrogen-bond acceptors (Lipinski definition) is 17. The molecule has 25 nitrogen and oxygen atoms in total. The monoisotopic (exact) mass is 850 g/mol. The van der Waals surface area contributed by atoms with E-state index in [1.165, 1.54) is 20.8 Å². The zero-order valence-electron chi connectivity index (χ0n) is 32.7. The molecule has 0 aliphatic carbocycles. The SMILES string of the molecule is CC(=O)NC1C(OC2C3COC(O3)C(NC(C)=O)C2OC(C)C(=O)NC(C)C(=O)NC(CCC(=O)NC(CCCC(N)C(=O)O)C(=O)O)C(=O)O)OC(CO)C(O)C1O. The summed E-state index contributed by atoms with van der Waals surface area (Å²) >= 11 is 0. The van der Waals surface area contributed by atoms with Crippen LogP contribution < -0.4 is 32.3 Å². The summed E-state index contributed by atoms with van der Waals surface area (Å²) in [5.41, 5.74) is 5.41. The lowest BCUT2D eigenvalue weighted by molar-refractivity contribution is -0.313. The van der Waals surface area contributed by atoms with Crippen LogP contribution in [-0.2, 0) is 62.0 Å². The predicted octanol–water partition coefficient (Wildman–Crippen LogP) is -5.65. The molecule has 0 saturated carbocycles. The van der Waals surface area contributed by atoms with Crippen molar-refractivity contribution >= 4 is 47.4 Å². The van der Waals surface area contributed by atoms with Gasteiger partial charge >= 0.3 is 17.9 Å². The molecule has 0 aromatic carbocycles. The highest BCUT2D eigenvalue weighted by molar-refractivity contribution is 5.91. The van der Waals surface area contributed by atoms with E-state index in [1.54, 1.807) is 0 Å². The van der Waals surface area contributed by atoms with E-state index in [2.05, 4.69) is 26.6 Å². The van der Waals surface area contributed by atoms with Gasteiger partial charge in [-0.2, -0.15) is 0 Å². The molecule has 59 heavy (non-hydrogen) atoms. The van der Waals surface area contributed by atoms with E-state index in [-0.39, 0.29) is 25.9 Å². The van der Waals surface area contributed by atoms with E-state index in [9.17, 15) is 63.9 Å². The fourth-order valence-electron chi connectivity index (χ4n) is 6.54. The molecule has 3 aliphatic rings. The first-order valence-corrected chi connectivity index (χ1v) is 18.7. The molecule has 3 fully saturated rings. The van der Waals surface area contributed by atoms with Gasteiger partial charge in [0.25, 0.3) is 0 Å². The van der Waals surface area contributed by atoms with Gasteiger partial charge < -0.3 is 86.6 Å². The minimum atomic E-state index is -1.68. The van der Waals surface area contributed by atoms with E-state index in [0.29, 0.717) is 0 Å². The van der Waals surface area contributed by atoms with Crippen LogP contribution in [-0.4, -0.2) is 183 Å². The van der Waals surface area contributed by atoms with Crippen LogP contribution in [0.25, 0.3) is 0 Å². The normalized spacial score (nSPS) is 30.0. The van der Waals surface area contributed by atoms with Gasteiger partial charge in [-0.05, 0) is 39.5 Å². The Morgan fingerprint density at radius 1 is 0.763 bits per heavy atom. The Labute approximate surface area is 336 Å². The second-order valence-corrected chi connectivity index (χ2v) is 14.4. The van der Waals surface area contributed by atoms with Gasteiger partial charge in [0, 0.05) is 20.3 Å². The molecule has 3 aliphatic heterocycles. The summed E-state index contributed by atoms with van der Waals surface area (Å²) in [7, 11) is 0. The first-order chi connectivity index (χ1) is 27.6. The summed E-state index contributed by atoms with van der Waals surface area (Å²) in [5.74, 6) is -8.15. The summed E-state index contributed by atoms with van der Waals surface area (Å²) in [6.45, 7) is 4.01. The van der Waals surface area contributed by atoms with Crippen LogP contribution in [0.3, 0.4) is 0 Å². The Kier molecular flexibility index (Phi) is 18.3. The van der Waals surface area contributed by atoms with Gasteiger partial charge in [0.1, 0.15) is 79.0 Å². The molecule has 0 aromatic heterocycles. The van der Waals surface area contributed by atoms with Gasteiger partial charge in [0.2, 0.25) is 29.5 Å². The number of nitrogens with one attached hydrogen (secondary N) is 5. The number of amides is 5. The summed E-state index contributed by atoms with van der Waals surface area (Å²) in [6, 6.07) is -8.19. The maximum absolute atomic E-state index is 13.4. The van der Waals surface area contributed by atoms with Crippen molar-refractivity contribution in [2.24, 2.45) is 5.73 Å². The average molecular weight is 851 g/mol. The Hall–Kier alpha value is -4.60. The number of hydrogen-bond donors (Lipinski definition) is 12. The van der Waals surface area contributed by atoms with Crippen LogP contribution in [0.1, 0.15) is 59.8 Å². The molecule has 3 heterocycles. The fourth-order valence-corrected chi connectivity index (χ4v) is 6.54. The molecule has 334 valence electrons. The lowest BCUT2D eigenvalue weighted by Crippen LogP contribution is -2.68. The van der Waals surface area contributed by atoms with Gasteiger partial charge in [0.05, 0.1) is 13.2 Å². The summed E-state index contributed by atoms with van der Waals surface area (Å²) in [4.78, 5) is 97.6. The Morgan fingerprint density at radius 3 is 1.95 bits per heavy atom. The molecule has 15 unspecified atom stereocenters. The van der Waals surface area contributed by atoms with Gasteiger partial charge in [-0.1, -0.05) is 0 Å². The Bertz CT molecular complexity index is 1540. The molecular weight excluding hydrogens is 796 g/mol. The van der Waals surface area contributed by atoms with Gasteiger partial charge in [0.15, 0.2) is 12.6 Å². The summed E-state index contributed by atoms with van der Waals surface area (Å²) < 4.78 is 29.6. The zero-order valence-corrected chi connectivity index (χ0v) is 32.7. The summed E-state index contributed by atoms with van der Waals surface area (Å²) in [5, 5.41) is 70.9. The highest BCUT2D eigenvalue weighted by Crippen LogP contribution is 2.35. The molecule has 0 spiro atoms. The predicted molar refractivity (Wildman–Crippen MR) is 192 cm³/mol. The third kappa shape index (κ3) is 13.7. The molecule has 15 atom stereocenters. The molecule has 0 aromatic rings. The number of fused-ring (bicyclic) bond motifs is 2. The second kappa shape index (κ2) is 22.1. The second-order valence-electron chi connectivity index (χ2n) is 14.4. The van der Waals surface area contributed by atoms with Crippen molar-refractivity contribution in [3.05, 3.63) is 0 Å². The molecule has 0 radical (unpaired) electrons. The third-order valence-electron chi connectivity index (χ3n) is 9.70. The van der Waals surface area contributed by atoms with Gasteiger partial charge in [-0.25, -0.2) is 9.59 Å². The topological polar surface area (TPSA) is 390 Å². The van der Waals surface area contributed by atoms with Crippen LogP contribution in [0.15, 0.2) is 0 Å². The van der Waals surface area contributed by atoms with Crippen molar-refractivity contribution in [2.45, 2.75) is 151 Å². The average Bonchev–Trinajstić information content (AvgIpc) is 3.60. The maximum Gasteiger partial charge on any atom is 0.326 e. The number of carbonyl (C=O) groups excluding carboxylic acids is 5. The van der Waals surface area contributed by atoms with Crippen LogP contribution in [0.5, 0.6) is 0 Å². The van der Waals surface area contributed by atoms with E-state index >= 15 is 0 Å². The highest BCUT2D eigenvalue weighted by Gasteiger charge is 2.56. The fraction of sp³-hybridized carbons (Fsp3) is 0.765. The van der Waals surface area contributed by atoms with Crippen molar-refractivity contribution in [3.63, 3.8) is 0 Å². The molecule has 13 N–H and O–H groups in total. The number of aliphatic hydroxyl groups is 3. The first-order valence-electron chi connectivity index (χ1n) is 18.7. The standard InChI is InChI=1S/C34H54N6O19/c1-12(28(47)40-18(32(53)54)8-9-21(44)39-17(31(51)52)7-5-6-16(35)30(49)50)36-29(48)13(2)56-27-23(38-15(4)43)33-55-11-20(58-33)26(27)59-34-22(37-14(3)42)25(46)24(45)19(10-41)57-34/h12-13,16-20,22-27,33-34,41,45-46H,5-11,35H2,1-4H3,(H,36,48)(H,37,42)(H,38,43)(H,39,44)(H,40,47)(H,49,50)(H,51,52)(H,53,54). The number of ether oxygens (including phenoxy) is 5. The Morgan fingerprint density at radius 2 is 1.37 bits per heavy atom. The first kappa shape index (κ1) is 48.8. The number of carboxylic acid groups (broad SMARTS) is 3. The molecular formula is C34H54N6O19. The number of aliphatic hydroxyl groups excluding tert-OH is 3. The van der Waals surface area contributed by atoms with Crippen molar-refractivity contribution < 1.29 is 92.7 Å². The lowest BCUT2D eigenvalue weighted by atomic mass is 9.95. The van der Waals surface area contributed by atoms with Crippen LogP contribution >= 0.6 is 0 Å². The van der Waals surface area contributed by atoms with Crippen molar-refractivity contribution in [2.75, 3.05) is 13.2 Å². The maximum atomic E-state index is 13.4. The number of rotatable bonds is 22. The third-order valence-corrected chi connectivity index (χ3v) is 9.70. The van der Waals surface area contributed by atoms with Crippen LogP contribution in [0.2, 0.25) is 0 Å². The van der Waals surface area contributed by atoms with E-state index in [4.69, 9.17) is 34.5 Å². The number of carbonyl (C=O) groups is 8. The smallest absolute Gasteiger partial charge is 0.326 e. The van der Waals surface area contributed by atoms with Gasteiger partial charge in [-0.3, -0.25) is 28.8 Å². The largest absolute Gasteiger partial charge is 0.480 e. The molecule has 3 saturated heterocycles. The number of aliphatic carboxylic acids is 3. The van der Waals surface area contributed by atoms with E-state index in [1.807, 2.05) is 0 Å². The van der Waals surface area contributed by atoms with Crippen LogP contribution in [0.4, 0.5) is 0 Å². The number of carboxylic acids is 3. The quantitative estimate of drug-likeness (QED) is 0.0483. The van der Waals surface area contributed by atoms with Crippen LogP contribution in [0, 0.1) is 0 Å². The molecule has 3 rings (SSSR count). The van der Waals surface area contributed by atoms with Crippen molar-refractivity contribution in [3.8, 4) is 0 Å². The van der Waals surface area contributed by atoms with Crippen molar-refractivity contribution in [1.82, 2.24) is 26.6 Å². The Balaban J connectivity index is 1.67. The minimum Gasteiger partial charge on any atom is -0.480 e.